The number of aromatic nitrogens is 3. The van der Waals surface area contributed by atoms with Crippen molar-refractivity contribution in [2.24, 2.45) is 11.7 Å². The van der Waals surface area contributed by atoms with Gasteiger partial charge in [-0.1, -0.05) is 55.9 Å². The molecule has 3 unspecified atom stereocenters. The number of aliphatic carboxylic acids is 1. The molecule has 174 valence electrons. The van der Waals surface area contributed by atoms with E-state index in [1.54, 1.807) is 24.3 Å². The van der Waals surface area contributed by atoms with E-state index in [1.165, 1.54) is 34.8 Å². The molecule has 2 aromatic rings. The van der Waals surface area contributed by atoms with Gasteiger partial charge in [0.25, 0.3) is 5.91 Å². The molecule has 0 radical (unpaired) electrons. The third-order valence-corrected chi connectivity index (χ3v) is 8.32. The van der Waals surface area contributed by atoms with Crippen molar-refractivity contribution in [2.75, 3.05) is 5.75 Å². The molecular weight excluding hydrogens is 464 g/mol. The van der Waals surface area contributed by atoms with Crippen LogP contribution in [-0.2, 0) is 14.4 Å². The lowest BCUT2D eigenvalue weighted by molar-refractivity contribution is -0.150. The van der Waals surface area contributed by atoms with Gasteiger partial charge in [0, 0.05) is 11.0 Å². The fraction of sp³-hybridized carbons (Fsp3) is 0.381. The second-order valence-corrected chi connectivity index (χ2v) is 10.3. The zero-order chi connectivity index (χ0) is 23.7. The summed E-state index contributed by atoms with van der Waals surface area (Å²) in [7, 11) is 0. The first-order chi connectivity index (χ1) is 15.8. The highest BCUT2D eigenvalue weighted by atomic mass is 32.2. The van der Waals surface area contributed by atoms with E-state index < -0.39 is 35.2 Å². The summed E-state index contributed by atoms with van der Waals surface area (Å²) in [6, 6.07) is 7.12. The van der Waals surface area contributed by atoms with Crippen molar-refractivity contribution < 1.29 is 19.5 Å². The molecule has 0 bridgehead atoms. The maximum Gasteiger partial charge on any atom is 0.352 e. The third-order valence-electron chi connectivity index (χ3n) is 5.52. The maximum absolute atomic E-state index is 13.0. The van der Waals surface area contributed by atoms with Gasteiger partial charge < -0.3 is 16.2 Å². The number of carbonyl (C=O) groups excluding carboxylic acids is 2. The Morgan fingerprint density at radius 1 is 1.33 bits per heavy atom. The van der Waals surface area contributed by atoms with Crippen molar-refractivity contribution in [3.8, 4) is 0 Å². The van der Waals surface area contributed by atoms with Crippen LogP contribution in [0, 0.1) is 5.92 Å². The van der Waals surface area contributed by atoms with Crippen molar-refractivity contribution in [2.45, 2.75) is 41.7 Å². The fourth-order valence-corrected chi connectivity index (χ4v) is 6.47. The minimum Gasteiger partial charge on any atom is -0.477 e. The van der Waals surface area contributed by atoms with E-state index in [1.807, 2.05) is 19.9 Å². The number of hydrogen-bond acceptors (Lipinski definition) is 8. The molecule has 10 nitrogen and oxygen atoms in total. The number of carbonyl (C=O) groups is 3. The summed E-state index contributed by atoms with van der Waals surface area (Å²) in [4.78, 5) is 43.3. The first-order valence-electron chi connectivity index (χ1n) is 10.3. The van der Waals surface area contributed by atoms with Gasteiger partial charge >= 0.3 is 5.97 Å². The van der Waals surface area contributed by atoms with Crippen LogP contribution in [0.4, 0.5) is 0 Å². The van der Waals surface area contributed by atoms with Crippen LogP contribution in [0.15, 0.2) is 53.1 Å². The van der Waals surface area contributed by atoms with Gasteiger partial charge in [-0.15, -0.1) is 11.8 Å². The molecule has 2 aliphatic heterocycles. The number of rotatable bonds is 8. The Balaban J connectivity index is 1.54. The Labute approximate surface area is 198 Å². The molecule has 12 heteroatoms. The van der Waals surface area contributed by atoms with Crippen LogP contribution in [0.5, 0.6) is 0 Å². The van der Waals surface area contributed by atoms with Gasteiger partial charge in [0.2, 0.25) is 5.91 Å². The number of nitrogens with one attached hydrogen (secondary N) is 2. The number of aromatic amines is 1. The highest BCUT2D eigenvalue weighted by Gasteiger charge is 2.55. The first-order valence-corrected chi connectivity index (χ1v) is 12.3. The van der Waals surface area contributed by atoms with Crippen LogP contribution in [0.25, 0.3) is 0 Å². The summed E-state index contributed by atoms with van der Waals surface area (Å²) < 4.78 is 0. The number of amides is 2. The standard InChI is InChI=1S/C21H24N6O4S2/c1-10(2)16(33-21-23-9-24-26-21)12-8-32-19-14(18(29)27(19)15(12)20(30)31)25-17(28)13(22)11-6-4-3-5-7-11/h3-7,9-10,13-14,16,19H,8,22H2,1-2H3,(H,25,28)(H,30,31)(H,23,24,26)/t13?,14?,16?,19-/m0/s1. The largest absolute Gasteiger partial charge is 0.477 e. The highest BCUT2D eigenvalue weighted by Crippen LogP contribution is 2.45. The van der Waals surface area contributed by atoms with E-state index in [0.717, 1.165) is 0 Å². The molecule has 4 rings (SSSR count). The molecule has 3 heterocycles. The molecule has 2 aliphatic rings. The van der Waals surface area contributed by atoms with E-state index >= 15 is 0 Å². The number of thioether (sulfide) groups is 2. The maximum atomic E-state index is 13.0. The van der Waals surface area contributed by atoms with Gasteiger partial charge in [-0.25, -0.2) is 9.78 Å². The summed E-state index contributed by atoms with van der Waals surface area (Å²) >= 11 is 2.82. The molecule has 1 fully saturated rings. The summed E-state index contributed by atoms with van der Waals surface area (Å²) in [5.41, 5.74) is 7.31. The molecule has 5 N–H and O–H groups in total. The van der Waals surface area contributed by atoms with Crippen molar-refractivity contribution >= 4 is 41.3 Å². The second kappa shape index (κ2) is 9.57. The van der Waals surface area contributed by atoms with E-state index in [0.29, 0.717) is 22.0 Å². The molecule has 1 aromatic carbocycles. The van der Waals surface area contributed by atoms with Crippen LogP contribution in [0.1, 0.15) is 25.5 Å². The number of hydrogen-bond donors (Lipinski definition) is 4. The predicted octanol–water partition coefficient (Wildman–Crippen LogP) is 1.36. The fourth-order valence-electron chi connectivity index (χ4n) is 3.90. The third kappa shape index (κ3) is 4.50. The second-order valence-electron chi connectivity index (χ2n) is 8.04. The average molecular weight is 489 g/mol. The molecule has 2 amide bonds. The quantitative estimate of drug-likeness (QED) is 0.318. The van der Waals surface area contributed by atoms with Gasteiger partial charge in [0.1, 0.15) is 29.5 Å². The number of nitrogens with two attached hydrogens (primary N) is 1. The SMILES string of the molecule is CC(C)C(Sc1ncn[nH]1)C1=C(C(=O)O)N2C(=O)C(NC(=O)C(N)c3ccccc3)[C@@H]2SC1. The monoisotopic (exact) mass is 488 g/mol. The summed E-state index contributed by atoms with van der Waals surface area (Å²) in [6.07, 6.45) is 1.39. The van der Waals surface area contributed by atoms with Crippen LogP contribution in [0.3, 0.4) is 0 Å². The normalized spacial score (nSPS) is 21.9. The lowest BCUT2D eigenvalue weighted by Crippen LogP contribution is -2.71. The zero-order valence-corrected chi connectivity index (χ0v) is 19.6. The molecule has 1 aromatic heterocycles. The molecule has 0 saturated carbocycles. The van der Waals surface area contributed by atoms with Crippen molar-refractivity contribution in [3.63, 3.8) is 0 Å². The molecule has 0 spiro atoms. The topological polar surface area (TPSA) is 154 Å². The van der Waals surface area contributed by atoms with Crippen LogP contribution in [-0.4, -0.2) is 65.4 Å². The predicted molar refractivity (Wildman–Crippen MR) is 124 cm³/mol. The van der Waals surface area contributed by atoms with Gasteiger partial charge in [-0.3, -0.25) is 19.6 Å². The Kier molecular flexibility index (Phi) is 6.77. The Hall–Kier alpha value is -2.83. The van der Waals surface area contributed by atoms with E-state index in [4.69, 9.17) is 5.73 Å². The van der Waals surface area contributed by atoms with Gasteiger partial charge in [0.05, 0.1) is 0 Å². The summed E-state index contributed by atoms with van der Waals surface area (Å²) in [6.45, 7) is 3.98. The van der Waals surface area contributed by atoms with E-state index in [-0.39, 0.29) is 16.9 Å². The Bertz CT molecular complexity index is 1080. The van der Waals surface area contributed by atoms with Gasteiger partial charge in [-0.05, 0) is 17.1 Å². The summed E-state index contributed by atoms with van der Waals surface area (Å²) in [5, 5.41) is 19.2. The molecule has 1 saturated heterocycles. The van der Waals surface area contributed by atoms with Crippen molar-refractivity contribution in [1.82, 2.24) is 25.4 Å². The van der Waals surface area contributed by atoms with Crippen LogP contribution in [0.2, 0.25) is 0 Å². The Morgan fingerprint density at radius 2 is 2.06 bits per heavy atom. The number of carboxylic acids is 1. The molecule has 4 atom stereocenters. The lowest BCUT2D eigenvalue weighted by Gasteiger charge is -2.50. The minimum absolute atomic E-state index is 0.0210. The van der Waals surface area contributed by atoms with Gasteiger partial charge in [-0.2, -0.15) is 5.10 Å². The smallest absolute Gasteiger partial charge is 0.352 e. The first kappa shape index (κ1) is 23.3. The zero-order valence-electron chi connectivity index (χ0n) is 18.0. The number of fused-ring (bicyclic) bond motifs is 1. The molecule has 33 heavy (non-hydrogen) atoms. The van der Waals surface area contributed by atoms with Crippen LogP contribution >= 0.6 is 23.5 Å². The summed E-state index contributed by atoms with van der Waals surface area (Å²) in [5.74, 6) is -1.61. The van der Waals surface area contributed by atoms with E-state index in [2.05, 4.69) is 20.5 Å². The number of H-pyrrole nitrogens is 1. The molecular formula is C21H24N6O4S2. The van der Waals surface area contributed by atoms with E-state index in [9.17, 15) is 19.5 Å². The van der Waals surface area contributed by atoms with Crippen LogP contribution < -0.4 is 11.1 Å². The minimum atomic E-state index is -1.17. The van der Waals surface area contributed by atoms with Crippen molar-refractivity contribution in [1.29, 1.82) is 0 Å². The van der Waals surface area contributed by atoms with Gasteiger partial charge in [0.15, 0.2) is 5.16 Å². The Morgan fingerprint density at radius 3 is 2.67 bits per heavy atom. The number of β-lactam (4-membered cyclic amide) rings is 1. The highest BCUT2D eigenvalue weighted by molar-refractivity contribution is 8.01. The lowest BCUT2D eigenvalue weighted by atomic mass is 9.96. The number of carboxylic acid groups (broad SMARTS) is 1. The van der Waals surface area contributed by atoms with Crippen molar-refractivity contribution in [3.05, 3.63) is 53.5 Å². The average Bonchev–Trinajstić information content (AvgIpc) is 3.33. The number of nitrogens with zero attached hydrogens (tertiary/aromatic N) is 3. The molecule has 0 aliphatic carbocycles. The number of benzene rings is 1.